The first kappa shape index (κ1) is 12.8. The third-order valence-electron chi connectivity index (χ3n) is 6.78. The van der Waals surface area contributed by atoms with Gasteiger partial charge in [-0.3, -0.25) is 9.69 Å². The largest absolute Gasteiger partial charge is 0.454 e. The zero-order valence-electron chi connectivity index (χ0n) is 12.5. The van der Waals surface area contributed by atoms with Gasteiger partial charge in [0, 0.05) is 17.0 Å². The van der Waals surface area contributed by atoms with Gasteiger partial charge < -0.3 is 19.7 Å². The van der Waals surface area contributed by atoms with Crippen molar-refractivity contribution in [1.82, 2.24) is 4.90 Å². The van der Waals surface area contributed by atoms with E-state index in [0.29, 0.717) is 23.5 Å². The van der Waals surface area contributed by atoms with Gasteiger partial charge in [0.15, 0.2) is 17.3 Å². The van der Waals surface area contributed by atoms with Gasteiger partial charge in [0.05, 0.1) is 6.10 Å². The Labute approximate surface area is 132 Å². The minimum atomic E-state index is -1.38. The molecule has 6 rings (SSSR count). The van der Waals surface area contributed by atoms with E-state index in [-0.39, 0.29) is 24.0 Å². The molecule has 3 aliphatic heterocycles. The Hall–Kier alpha value is -1.63. The lowest BCUT2D eigenvalue weighted by Gasteiger charge is -2.42. The fourth-order valence-electron chi connectivity index (χ4n) is 6.11. The third-order valence-corrected chi connectivity index (χ3v) is 6.78. The molecular formula is C17H17NO5. The van der Waals surface area contributed by atoms with Crippen LogP contribution >= 0.6 is 0 Å². The zero-order valence-corrected chi connectivity index (χ0v) is 12.5. The summed E-state index contributed by atoms with van der Waals surface area (Å²) in [5.41, 5.74) is -0.234. The molecule has 3 heterocycles. The predicted molar refractivity (Wildman–Crippen MR) is 77.7 cm³/mol. The summed E-state index contributed by atoms with van der Waals surface area (Å²) in [5.74, 6) is 0.885. The number of ether oxygens (including phenoxy) is 2. The van der Waals surface area contributed by atoms with Crippen LogP contribution in [-0.4, -0.2) is 57.5 Å². The minimum Gasteiger partial charge on any atom is -0.454 e. The van der Waals surface area contributed by atoms with Crippen molar-refractivity contribution in [1.29, 1.82) is 0 Å². The van der Waals surface area contributed by atoms with Crippen molar-refractivity contribution >= 4 is 5.78 Å². The van der Waals surface area contributed by atoms with Crippen molar-refractivity contribution in [3.63, 3.8) is 0 Å². The van der Waals surface area contributed by atoms with Crippen LogP contribution in [0.1, 0.15) is 41.1 Å². The third kappa shape index (κ3) is 1.12. The molecule has 5 atom stereocenters. The van der Waals surface area contributed by atoms with Gasteiger partial charge in [-0.15, -0.1) is 0 Å². The summed E-state index contributed by atoms with van der Waals surface area (Å²) in [6.45, 7) is 0.966. The lowest BCUT2D eigenvalue weighted by molar-refractivity contribution is -0.0994. The molecule has 3 fully saturated rings. The lowest BCUT2D eigenvalue weighted by Crippen LogP contribution is -2.61. The average Bonchev–Trinajstić information content (AvgIpc) is 3.20. The highest BCUT2D eigenvalue weighted by molar-refractivity contribution is 6.06. The Morgan fingerprint density at radius 2 is 2.04 bits per heavy atom. The molecular weight excluding hydrogens is 298 g/mol. The number of benzene rings is 1. The number of nitrogens with zero attached hydrogens (tertiary/aromatic N) is 1. The second kappa shape index (κ2) is 3.55. The highest BCUT2D eigenvalue weighted by Gasteiger charge is 2.79. The van der Waals surface area contributed by atoms with Crippen LogP contribution in [0.2, 0.25) is 0 Å². The summed E-state index contributed by atoms with van der Waals surface area (Å²) in [4.78, 5) is 15.3. The number of aliphatic hydroxyl groups excluding tert-OH is 1. The summed E-state index contributed by atoms with van der Waals surface area (Å²) in [6.07, 6.45) is 1.60. The molecule has 4 bridgehead atoms. The summed E-state index contributed by atoms with van der Waals surface area (Å²) in [5, 5.41) is 21.9. The van der Waals surface area contributed by atoms with Crippen molar-refractivity contribution in [2.45, 2.75) is 48.5 Å². The van der Waals surface area contributed by atoms with Crippen LogP contribution in [0.4, 0.5) is 0 Å². The molecule has 1 aromatic carbocycles. The summed E-state index contributed by atoms with van der Waals surface area (Å²) < 4.78 is 10.9. The Morgan fingerprint density at radius 3 is 2.87 bits per heavy atom. The maximum Gasteiger partial charge on any atom is 0.231 e. The second-order valence-corrected chi connectivity index (χ2v) is 7.50. The van der Waals surface area contributed by atoms with Crippen LogP contribution in [-0.2, 0) is 0 Å². The maximum absolute atomic E-state index is 13.1. The molecule has 0 aromatic heterocycles. The number of hydrogen-bond donors (Lipinski definition) is 2. The van der Waals surface area contributed by atoms with Gasteiger partial charge in [-0.25, -0.2) is 0 Å². The van der Waals surface area contributed by atoms with Crippen LogP contribution in [0.5, 0.6) is 11.5 Å². The number of fused-ring (bicyclic) bond motifs is 3. The van der Waals surface area contributed by atoms with E-state index in [1.54, 1.807) is 6.07 Å². The fourth-order valence-corrected chi connectivity index (χ4v) is 6.11. The highest BCUT2D eigenvalue weighted by Crippen LogP contribution is 2.68. The number of carbonyl (C=O) groups excluding carboxylic acids is 1. The monoisotopic (exact) mass is 315 g/mol. The quantitative estimate of drug-likeness (QED) is 0.722. The molecule has 23 heavy (non-hydrogen) atoms. The second-order valence-electron chi connectivity index (χ2n) is 7.50. The van der Waals surface area contributed by atoms with E-state index in [4.69, 9.17) is 9.47 Å². The van der Waals surface area contributed by atoms with Crippen molar-refractivity contribution in [2.24, 2.45) is 0 Å². The van der Waals surface area contributed by atoms with Gasteiger partial charge in [-0.1, -0.05) is 0 Å². The number of ketones is 1. The SMILES string of the molecule is O=C1c2cc3c(cc2[C@@H]2[C@]4(O)C(O)C[C@@]25CCCN5C14)OCO3. The number of rotatable bonds is 0. The zero-order chi connectivity index (χ0) is 15.6. The standard InChI is InChI=1S/C17H17NO5/c19-12-6-16-2-1-3-18(16)15-13(20)8-4-10-11(23-7-22-10)5-9(8)14(16)17(12,15)21/h4-5,12,14-15,19,21H,1-3,6-7H2/t12?,14-,15?,16-,17+/m0/s1. The predicted octanol–water partition coefficient (Wildman–Crippen LogP) is 0.408. The van der Waals surface area contributed by atoms with Gasteiger partial charge in [-0.2, -0.15) is 0 Å². The lowest BCUT2D eigenvalue weighted by atomic mass is 9.69. The topological polar surface area (TPSA) is 79.2 Å². The molecule has 5 aliphatic rings. The number of carbonyl (C=O) groups is 1. The van der Waals surface area contributed by atoms with Crippen molar-refractivity contribution in [2.75, 3.05) is 13.3 Å². The average molecular weight is 315 g/mol. The van der Waals surface area contributed by atoms with Crippen molar-refractivity contribution in [3.8, 4) is 11.5 Å². The fraction of sp³-hybridized carbons (Fsp3) is 0.588. The van der Waals surface area contributed by atoms with E-state index in [1.165, 1.54) is 0 Å². The van der Waals surface area contributed by atoms with Gasteiger partial charge in [0.2, 0.25) is 6.79 Å². The molecule has 1 aromatic rings. The van der Waals surface area contributed by atoms with E-state index in [1.807, 2.05) is 6.07 Å². The normalized spacial score (nSPS) is 45.5. The molecule has 2 aliphatic carbocycles. The Morgan fingerprint density at radius 1 is 1.26 bits per heavy atom. The molecule has 6 nitrogen and oxygen atoms in total. The minimum absolute atomic E-state index is 0.0976. The molecule has 0 radical (unpaired) electrons. The molecule has 1 spiro atoms. The van der Waals surface area contributed by atoms with Crippen LogP contribution in [0.25, 0.3) is 0 Å². The number of Topliss-reactive ketones (excluding diaryl/α,β-unsaturated/α-hetero) is 1. The van der Waals surface area contributed by atoms with Crippen LogP contribution in [0.15, 0.2) is 12.1 Å². The van der Waals surface area contributed by atoms with Gasteiger partial charge in [-0.05, 0) is 43.5 Å². The first-order valence-corrected chi connectivity index (χ1v) is 8.22. The Balaban J connectivity index is 1.67. The number of aliphatic hydroxyl groups is 2. The Kier molecular flexibility index (Phi) is 1.97. The van der Waals surface area contributed by atoms with Gasteiger partial charge >= 0.3 is 0 Å². The van der Waals surface area contributed by atoms with Gasteiger partial charge in [0.1, 0.15) is 11.6 Å². The molecule has 6 heteroatoms. The van der Waals surface area contributed by atoms with E-state index in [9.17, 15) is 15.0 Å². The molecule has 0 amide bonds. The van der Waals surface area contributed by atoms with E-state index < -0.39 is 17.7 Å². The molecule has 120 valence electrons. The van der Waals surface area contributed by atoms with E-state index in [2.05, 4.69) is 4.90 Å². The Bertz CT molecular complexity index is 778. The molecule has 2 saturated heterocycles. The first-order valence-electron chi connectivity index (χ1n) is 8.22. The molecule has 1 saturated carbocycles. The summed E-state index contributed by atoms with van der Waals surface area (Å²) in [7, 11) is 0. The van der Waals surface area contributed by atoms with Crippen LogP contribution in [0.3, 0.4) is 0 Å². The van der Waals surface area contributed by atoms with E-state index >= 15 is 0 Å². The molecule has 2 unspecified atom stereocenters. The number of hydrogen-bond acceptors (Lipinski definition) is 6. The summed E-state index contributed by atoms with van der Waals surface area (Å²) in [6, 6.07) is 2.97. The van der Waals surface area contributed by atoms with Crippen molar-refractivity contribution in [3.05, 3.63) is 23.3 Å². The highest BCUT2D eigenvalue weighted by atomic mass is 16.7. The van der Waals surface area contributed by atoms with Gasteiger partial charge in [0.25, 0.3) is 0 Å². The van der Waals surface area contributed by atoms with Crippen LogP contribution < -0.4 is 9.47 Å². The van der Waals surface area contributed by atoms with Crippen molar-refractivity contribution < 1.29 is 24.5 Å². The smallest absolute Gasteiger partial charge is 0.231 e. The van der Waals surface area contributed by atoms with Crippen LogP contribution in [0, 0.1) is 0 Å². The number of piperidine rings is 1. The first-order chi connectivity index (χ1) is 11.1. The maximum atomic E-state index is 13.1. The summed E-state index contributed by atoms with van der Waals surface area (Å²) >= 11 is 0. The molecule has 2 N–H and O–H groups in total. The van der Waals surface area contributed by atoms with E-state index in [0.717, 1.165) is 24.9 Å².